The van der Waals surface area contributed by atoms with Crippen LogP contribution in [0.5, 0.6) is 0 Å². The molecule has 2 rings (SSSR count). The summed E-state index contributed by atoms with van der Waals surface area (Å²) in [5, 5.41) is 2.86. The van der Waals surface area contributed by atoms with Gasteiger partial charge in [0.2, 0.25) is 10.0 Å². The molecule has 0 fully saturated rings. The van der Waals surface area contributed by atoms with Crippen molar-refractivity contribution in [2.24, 2.45) is 0 Å². The highest BCUT2D eigenvalue weighted by molar-refractivity contribution is 7.89. The Balaban J connectivity index is 2.14. The minimum Gasteiger partial charge on any atom is -0.377 e. The molecule has 0 radical (unpaired) electrons. The first-order valence-electron chi connectivity index (χ1n) is 9.28. The molecule has 6 nitrogen and oxygen atoms in total. The van der Waals surface area contributed by atoms with Gasteiger partial charge in [0.25, 0.3) is 5.91 Å². The summed E-state index contributed by atoms with van der Waals surface area (Å²) in [4.78, 5) is 12.7. The van der Waals surface area contributed by atoms with Crippen molar-refractivity contribution in [2.75, 3.05) is 13.7 Å². The lowest BCUT2D eigenvalue weighted by atomic mass is 10.1. The number of carbonyl (C=O) groups excluding carboxylic acids is 1. The van der Waals surface area contributed by atoms with Crippen molar-refractivity contribution in [3.8, 4) is 0 Å². The topological polar surface area (TPSA) is 75.7 Å². The monoisotopic (exact) mass is 404 g/mol. The normalized spacial score (nSPS) is 11.8. The molecule has 2 aromatic carbocycles. The van der Waals surface area contributed by atoms with Crippen LogP contribution in [0.2, 0.25) is 0 Å². The molecule has 1 amide bonds. The number of hydrogen-bond donors (Lipinski definition) is 1. The maximum atomic E-state index is 12.7. The molecule has 28 heavy (non-hydrogen) atoms. The van der Waals surface area contributed by atoms with E-state index in [0.717, 1.165) is 11.1 Å². The predicted octanol–water partition coefficient (Wildman–Crippen LogP) is 3.18. The third kappa shape index (κ3) is 5.41. The van der Waals surface area contributed by atoms with Gasteiger partial charge in [-0.25, -0.2) is 8.42 Å². The van der Waals surface area contributed by atoms with Crippen LogP contribution in [0, 0.1) is 0 Å². The van der Waals surface area contributed by atoms with E-state index in [1.165, 1.54) is 23.5 Å². The van der Waals surface area contributed by atoms with Crippen molar-refractivity contribution in [3.05, 3.63) is 65.2 Å². The average Bonchev–Trinajstić information content (AvgIpc) is 2.70. The van der Waals surface area contributed by atoms with E-state index in [1.54, 1.807) is 26.0 Å². The van der Waals surface area contributed by atoms with E-state index in [9.17, 15) is 13.2 Å². The lowest BCUT2D eigenvalue weighted by Gasteiger charge is -2.21. The minimum absolute atomic E-state index is 0.105. The van der Waals surface area contributed by atoms with Gasteiger partial charge in [-0.3, -0.25) is 4.79 Å². The fraction of sp³-hybridized carbons (Fsp3) is 0.381. The number of nitrogens with one attached hydrogen (secondary N) is 1. The molecular weight excluding hydrogens is 376 g/mol. The van der Waals surface area contributed by atoms with E-state index in [-0.39, 0.29) is 16.8 Å². The van der Waals surface area contributed by atoms with Gasteiger partial charge in [0, 0.05) is 31.8 Å². The van der Waals surface area contributed by atoms with Gasteiger partial charge < -0.3 is 10.1 Å². The Bertz CT molecular complexity index is 910. The van der Waals surface area contributed by atoms with Crippen LogP contribution in [0.3, 0.4) is 0 Å². The van der Waals surface area contributed by atoms with Gasteiger partial charge in [-0.05, 0) is 50.1 Å². The van der Waals surface area contributed by atoms with Crippen molar-refractivity contribution < 1.29 is 17.9 Å². The number of rotatable bonds is 9. The van der Waals surface area contributed by atoms with Crippen LogP contribution in [0.15, 0.2) is 53.4 Å². The molecule has 0 aliphatic rings. The molecule has 0 bridgehead atoms. The lowest BCUT2D eigenvalue weighted by Crippen LogP contribution is -2.33. The van der Waals surface area contributed by atoms with Crippen molar-refractivity contribution in [2.45, 2.75) is 44.9 Å². The van der Waals surface area contributed by atoms with Gasteiger partial charge in [-0.1, -0.05) is 30.3 Å². The molecule has 2 aromatic rings. The smallest absolute Gasteiger partial charge is 0.251 e. The average molecular weight is 405 g/mol. The van der Waals surface area contributed by atoms with E-state index in [0.29, 0.717) is 25.3 Å². The first kappa shape index (κ1) is 22.1. The standard InChI is InChI=1S/C21H28N2O4S/c1-5-27-15-19-10-7-6-9-18(19)14-22-21(24)17-11-8-12-20(13-17)28(25,26)23(4)16(2)3/h6-13,16H,5,14-15H2,1-4H3,(H,22,24). The molecule has 0 aromatic heterocycles. The Labute approximate surface area is 167 Å². The van der Waals surface area contributed by atoms with Crippen LogP contribution in [0.1, 0.15) is 42.3 Å². The van der Waals surface area contributed by atoms with Crippen LogP contribution >= 0.6 is 0 Å². The zero-order valence-corrected chi connectivity index (χ0v) is 17.6. The number of nitrogens with zero attached hydrogens (tertiary/aromatic N) is 1. The zero-order valence-electron chi connectivity index (χ0n) is 16.8. The number of sulfonamides is 1. The number of ether oxygens (including phenoxy) is 1. The highest BCUT2D eigenvalue weighted by Gasteiger charge is 2.23. The lowest BCUT2D eigenvalue weighted by molar-refractivity contribution is 0.0949. The molecule has 0 saturated heterocycles. The summed E-state index contributed by atoms with van der Waals surface area (Å²) in [6.45, 7) is 6.97. The molecule has 0 atom stereocenters. The molecule has 152 valence electrons. The second kappa shape index (κ2) is 9.82. The van der Waals surface area contributed by atoms with E-state index in [1.807, 2.05) is 31.2 Å². The minimum atomic E-state index is -3.64. The van der Waals surface area contributed by atoms with Crippen LogP contribution in [-0.4, -0.2) is 38.3 Å². The summed E-state index contributed by atoms with van der Waals surface area (Å²) >= 11 is 0. The highest BCUT2D eigenvalue weighted by atomic mass is 32.2. The maximum absolute atomic E-state index is 12.7. The predicted molar refractivity (Wildman–Crippen MR) is 109 cm³/mol. The largest absolute Gasteiger partial charge is 0.377 e. The van der Waals surface area contributed by atoms with Gasteiger partial charge in [0.05, 0.1) is 11.5 Å². The molecule has 0 unspecified atom stereocenters. The molecule has 1 N–H and O–H groups in total. The fourth-order valence-electron chi connectivity index (χ4n) is 2.60. The Kier molecular flexibility index (Phi) is 7.74. The molecule has 0 aliphatic carbocycles. The molecule has 0 heterocycles. The molecule has 0 spiro atoms. The van der Waals surface area contributed by atoms with E-state index in [4.69, 9.17) is 4.74 Å². The van der Waals surface area contributed by atoms with E-state index >= 15 is 0 Å². The van der Waals surface area contributed by atoms with Gasteiger partial charge in [-0.2, -0.15) is 4.31 Å². The van der Waals surface area contributed by atoms with Crippen molar-refractivity contribution in [3.63, 3.8) is 0 Å². The van der Waals surface area contributed by atoms with Crippen molar-refractivity contribution in [1.82, 2.24) is 9.62 Å². The highest BCUT2D eigenvalue weighted by Crippen LogP contribution is 2.18. The van der Waals surface area contributed by atoms with Gasteiger partial charge in [-0.15, -0.1) is 0 Å². The SMILES string of the molecule is CCOCc1ccccc1CNC(=O)c1cccc(S(=O)(=O)N(C)C(C)C)c1. The maximum Gasteiger partial charge on any atom is 0.251 e. The Hall–Kier alpha value is -2.22. The molecular formula is C21H28N2O4S. The van der Waals surface area contributed by atoms with E-state index < -0.39 is 10.0 Å². The Morgan fingerprint density at radius 2 is 1.79 bits per heavy atom. The summed E-state index contributed by atoms with van der Waals surface area (Å²) in [5.74, 6) is -0.324. The number of carbonyl (C=O) groups is 1. The van der Waals surface area contributed by atoms with Gasteiger partial charge in [0.15, 0.2) is 0 Å². The first-order chi connectivity index (χ1) is 13.3. The summed E-state index contributed by atoms with van der Waals surface area (Å²) < 4.78 is 32.1. The second-order valence-corrected chi connectivity index (χ2v) is 8.73. The fourth-order valence-corrected chi connectivity index (χ4v) is 4.02. The van der Waals surface area contributed by atoms with Crippen LogP contribution in [-0.2, 0) is 27.9 Å². The molecule has 0 saturated carbocycles. The molecule has 0 aliphatic heterocycles. The Morgan fingerprint density at radius 3 is 2.43 bits per heavy atom. The van der Waals surface area contributed by atoms with Gasteiger partial charge >= 0.3 is 0 Å². The Morgan fingerprint density at radius 1 is 1.11 bits per heavy atom. The van der Waals surface area contributed by atoms with Crippen LogP contribution in [0.25, 0.3) is 0 Å². The number of amides is 1. The first-order valence-corrected chi connectivity index (χ1v) is 10.7. The number of hydrogen-bond acceptors (Lipinski definition) is 4. The second-order valence-electron chi connectivity index (χ2n) is 6.73. The summed E-state index contributed by atoms with van der Waals surface area (Å²) in [6.07, 6.45) is 0. The zero-order chi connectivity index (χ0) is 20.7. The van der Waals surface area contributed by atoms with Crippen LogP contribution < -0.4 is 5.32 Å². The van der Waals surface area contributed by atoms with Gasteiger partial charge in [0.1, 0.15) is 0 Å². The van der Waals surface area contributed by atoms with Crippen molar-refractivity contribution in [1.29, 1.82) is 0 Å². The number of benzene rings is 2. The summed E-state index contributed by atoms with van der Waals surface area (Å²) in [5.41, 5.74) is 2.28. The quantitative estimate of drug-likeness (QED) is 0.696. The summed E-state index contributed by atoms with van der Waals surface area (Å²) in [6, 6.07) is 13.7. The third-order valence-corrected chi connectivity index (χ3v) is 6.55. The molecule has 7 heteroatoms. The third-order valence-electron chi connectivity index (χ3n) is 4.52. The van der Waals surface area contributed by atoms with E-state index in [2.05, 4.69) is 5.32 Å². The summed E-state index contributed by atoms with van der Waals surface area (Å²) in [7, 11) is -2.11. The van der Waals surface area contributed by atoms with Crippen molar-refractivity contribution >= 4 is 15.9 Å². The van der Waals surface area contributed by atoms with Crippen LogP contribution in [0.4, 0.5) is 0 Å².